The standard InChI is InChI=1S/C9H9Cl2NO2/c1-2-4-5(10)3-6(12)8(11)7(4)9(13)14/h3H,2,12H2,1H3,(H,13,14). The van der Waals surface area contributed by atoms with E-state index in [9.17, 15) is 4.79 Å². The van der Waals surface area contributed by atoms with Gasteiger partial charge in [0.05, 0.1) is 16.3 Å². The predicted molar refractivity (Wildman–Crippen MR) is 57.2 cm³/mol. The van der Waals surface area contributed by atoms with Crippen LogP contribution in [0.4, 0.5) is 5.69 Å². The maximum Gasteiger partial charge on any atom is 0.337 e. The van der Waals surface area contributed by atoms with Crippen LogP contribution < -0.4 is 5.73 Å². The fraction of sp³-hybridized carbons (Fsp3) is 0.222. The highest BCUT2D eigenvalue weighted by Crippen LogP contribution is 2.32. The summed E-state index contributed by atoms with van der Waals surface area (Å²) in [5.74, 6) is -1.11. The van der Waals surface area contributed by atoms with Gasteiger partial charge in [-0.15, -0.1) is 0 Å². The zero-order valence-corrected chi connectivity index (χ0v) is 8.99. The minimum absolute atomic E-state index is 0.000772. The number of halogens is 2. The Morgan fingerprint density at radius 2 is 2.14 bits per heavy atom. The summed E-state index contributed by atoms with van der Waals surface area (Å²) in [7, 11) is 0. The molecule has 3 N–H and O–H groups in total. The average molecular weight is 234 g/mol. The number of aromatic carboxylic acids is 1. The number of nitrogens with two attached hydrogens (primary N) is 1. The summed E-state index contributed by atoms with van der Waals surface area (Å²) in [5.41, 5.74) is 6.20. The van der Waals surface area contributed by atoms with Crippen molar-refractivity contribution in [3.8, 4) is 0 Å². The molecular weight excluding hydrogens is 225 g/mol. The normalized spacial score (nSPS) is 10.2. The van der Waals surface area contributed by atoms with E-state index in [-0.39, 0.29) is 16.3 Å². The molecule has 0 unspecified atom stereocenters. The van der Waals surface area contributed by atoms with Gasteiger partial charge >= 0.3 is 5.97 Å². The molecule has 0 saturated carbocycles. The first kappa shape index (κ1) is 11.1. The lowest BCUT2D eigenvalue weighted by molar-refractivity contribution is 0.0696. The number of carboxylic acid groups (broad SMARTS) is 1. The molecule has 0 fully saturated rings. The van der Waals surface area contributed by atoms with Crippen LogP contribution in [0.25, 0.3) is 0 Å². The number of carbonyl (C=O) groups is 1. The number of carboxylic acids is 1. The van der Waals surface area contributed by atoms with E-state index in [1.807, 2.05) is 0 Å². The molecule has 5 heteroatoms. The Kier molecular flexibility index (Phi) is 3.24. The van der Waals surface area contributed by atoms with Crippen LogP contribution in [-0.4, -0.2) is 11.1 Å². The van der Waals surface area contributed by atoms with Crippen LogP contribution in [0.1, 0.15) is 22.8 Å². The first-order valence-electron chi connectivity index (χ1n) is 3.98. The van der Waals surface area contributed by atoms with Gasteiger partial charge in [-0.2, -0.15) is 0 Å². The summed E-state index contributed by atoms with van der Waals surface area (Å²) >= 11 is 11.6. The number of benzene rings is 1. The lowest BCUT2D eigenvalue weighted by Crippen LogP contribution is -2.06. The third-order valence-electron chi connectivity index (χ3n) is 1.91. The fourth-order valence-corrected chi connectivity index (χ4v) is 1.85. The molecule has 14 heavy (non-hydrogen) atoms. The third-order valence-corrected chi connectivity index (χ3v) is 2.66. The van der Waals surface area contributed by atoms with Gasteiger partial charge < -0.3 is 10.8 Å². The van der Waals surface area contributed by atoms with Crippen LogP contribution in [0.5, 0.6) is 0 Å². The smallest absolute Gasteiger partial charge is 0.337 e. The van der Waals surface area contributed by atoms with E-state index in [1.54, 1.807) is 6.92 Å². The van der Waals surface area contributed by atoms with Crippen LogP contribution in [0, 0.1) is 0 Å². The maximum atomic E-state index is 10.9. The fourth-order valence-electron chi connectivity index (χ4n) is 1.25. The average Bonchev–Trinajstić information content (AvgIpc) is 2.10. The highest BCUT2D eigenvalue weighted by molar-refractivity contribution is 6.38. The Morgan fingerprint density at radius 3 is 2.57 bits per heavy atom. The van der Waals surface area contributed by atoms with Gasteiger partial charge in [-0.3, -0.25) is 0 Å². The SMILES string of the molecule is CCc1c(Cl)cc(N)c(Cl)c1C(=O)O. The van der Waals surface area contributed by atoms with Crippen LogP contribution >= 0.6 is 23.2 Å². The van der Waals surface area contributed by atoms with E-state index in [2.05, 4.69) is 0 Å². The second-order valence-electron chi connectivity index (χ2n) is 2.77. The molecule has 0 aromatic heterocycles. The molecule has 1 aromatic carbocycles. The van der Waals surface area contributed by atoms with E-state index < -0.39 is 5.97 Å². The van der Waals surface area contributed by atoms with Gasteiger partial charge in [0.15, 0.2) is 0 Å². The minimum Gasteiger partial charge on any atom is -0.478 e. The predicted octanol–water partition coefficient (Wildman–Crippen LogP) is 2.84. The topological polar surface area (TPSA) is 63.3 Å². The van der Waals surface area contributed by atoms with E-state index in [0.29, 0.717) is 17.0 Å². The zero-order chi connectivity index (χ0) is 10.9. The lowest BCUT2D eigenvalue weighted by Gasteiger charge is -2.10. The Morgan fingerprint density at radius 1 is 1.57 bits per heavy atom. The van der Waals surface area contributed by atoms with Crippen LogP contribution in [0.15, 0.2) is 6.07 Å². The molecule has 1 aromatic rings. The van der Waals surface area contributed by atoms with E-state index in [4.69, 9.17) is 34.0 Å². The van der Waals surface area contributed by atoms with Gasteiger partial charge in [0.1, 0.15) is 0 Å². The highest BCUT2D eigenvalue weighted by atomic mass is 35.5. The summed E-state index contributed by atoms with van der Waals surface area (Å²) in [6.45, 7) is 1.81. The van der Waals surface area contributed by atoms with Gasteiger partial charge in [0, 0.05) is 5.02 Å². The number of hydrogen-bond donors (Lipinski definition) is 2. The quantitative estimate of drug-likeness (QED) is 0.773. The Hall–Kier alpha value is -0.930. The summed E-state index contributed by atoms with van der Waals surface area (Å²) in [6.07, 6.45) is 0.500. The van der Waals surface area contributed by atoms with Crippen LogP contribution in [-0.2, 0) is 6.42 Å². The van der Waals surface area contributed by atoms with Crippen LogP contribution in [0.2, 0.25) is 10.0 Å². The molecule has 0 amide bonds. The van der Waals surface area contributed by atoms with Crippen molar-refractivity contribution in [3.05, 3.63) is 27.2 Å². The van der Waals surface area contributed by atoms with Gasteiger partial charge in [-0.05, 0) is 18.1 Å². The number of anilines is 1. The monoisotopic (exact) mass is 233 g/mol. The first-order chi connectivity index (χ1) is 6.49. The Labute approximate surface area is 91.4 Å². The molecule has 3 nitrogen and oxygen atoms in total. The van der Waals surface area contributed by atoms with Crippen molar-refractivity contribution >= 4 is 34.9 Å². The maximum absolute atomic E-state index is 10.9. The summed E-state index contributed by atoms with van der Waals surface area (Å²) in [6, 6.07) is 1.47. The van der Waals surface area contributed by atoms with Gasteiger partial charge in [-0.1, -0.05) is 30.1 Å². The van der Waals surface area contributed by atoms with Gasteiger partial charge in [-0.25, -0.2) is 4.79 Å². The van der Waals surface area contributed by atoms with Crippen LogP contribution in [0.3, 0.4) is 0 Å². The van der Waals surface area contributed by atoms with Crippen molar-refractivity contribution in [2.75, 3.05) is 5.73 Å². The number of nitrogen functional groups attached to an aromatic ring is 1. The second kappa shape index (κ2) is 4.07. The zero-order valence-electron chi connectivity index (χ0n) is 7.47. The van der Waals surface area contributed by atoms with Crippen molar-refractivity contribution < 1.29 is 9.90 Å². The Bertz CT molecular complexity index is 391. The molecule has 0 atom stereocenters. The van der Waals surface area contributed by atoms with E-state index >= 15 is 0 Å². The van der Waals surface area contributed by atoms with E-state index in [1.165, 1.54) is 6.07 Å². The lowest BCUT2D eigenvalue weighted by atomic mass is 10.0. The van der Waals surface area contributed by atoms with Gasteiger partial charge in [0.25, 0.3) is 0 Å². The van der Waals surface area contributed by atoms with Gasteiger partial charge in [0.2, 0.25) is 0 Å². The molecular formula is C9H9Cl2NO2. The largest absolute Gasteiger partial charge is 0.478 e. The molecule has 1 rings (SSSR count). The Balaban J connectivity index is 3.56. The molecule has 0 radical (unpaired) electrons. The molecule has 0 spiro atoms. The van der Waals surface area contributed by atoms with Crippen molar-refractivity contribution in [1.29, 1.82) is 0 Å². The van der Waals surface area contributed by atoms with Crippen molar-refractivity contribution in [1.82, 2.24) is 0 Å². The molecule has 0 aliphatic rings. The molecule has 0 saturated heterocycles. The first-order valence-corrected chi connectivity index (χ1v) is 4.74. The summed E-state index contributed by atoms with van der Waals surface area (Å²) in [4.78, 5) is 10.9. The van der Waals surface area contributed by atoms with E-state index in [0.717, 1.165) is 0 Å². The minimum atomic E-state index is -1.11. The number of hydrogen-bond acceptors (Lipinski definition) is 2. The number of rotatable bonds is 2. The molecule has 0 bridgehead atoms. The summed E-state index contributed by atoms with van der Waals surface area (Å²) in [5, 5.41) is 9.32. The third kappa shape index (κ3) is 1.79. The van der Waals surface area contributed by atoms with Crippen molar-refractivity contribution in [3.63, 3.8) is 0 Å². The molecule has 0 aliphatic heterocycles. The second-order valence-corrected chi connectivity index (χ2v) is 3.56. The molecule has 0 aliphatic carbocycles. The van der Waals surface area contributed by atoms with Crippen molar-refractivity contribution in [2.24, 2.45) is 0 Å². The van der Waals surface area contributed by atoms with Crippen molar-refractivity contribution in [2.45, 2.75) is 13.3 Å². The summed E-state index contributed by atoms with van der Waals surface area (Å²) < 4.78 is 0. The highest BCUT2D eigenvalue weighted by Gasteiger charge is 2.18. The molecule has 76 valence electrons. The molecule has 0 heterocycles.